The summed E-state index contributed by atoms with van der Waals surface area (Å²) in [6.07, 6.45) is 1.20. The predicted molar refractivity (Wildman–Crippen MR) is 75.6 cm³/mol. The number of aromatic nitrogens is 2. The first-order chi connectivity index (χ1) is 9.55. The highest BCUT2D eigenvalue weighted by Gasteiger charge is 2.33. The van der Waals surface area contributed by atoms with Crippen molar-refractivity contribution in [3.05, 3.63) is 36.0 Å². The van der Waals surface area contributed by atoms with E-state index in [0.717, 1.165) is 0 Å². The first kappa shape index (κ1) is 15.1. The number of carbonyl (C=O) groups is 1. The van der Waals surface area contributed by atoms with Crippen molar-refractivity contribution in [3.63, 3.8) is 0 Å². The van der Waals surface area contributed by atoms with E-state index in [-0.39, 0.29) is 29.6 Å². The maximum atomic E-state index is 12.2. The molecule has 2 aromatic rings. The van der Waals surface area contributed by atoms with Crippen LogP contribution in [0.1, 0.15) is 24.7 Å². The van der Waals surface area contributed by atoms with E-state index in [1.807, 2.05) is 0 Å². The molecule has 0 aliphatic carbocycles. The van der Waals surface area contributed by atoms with Gasteiger partial charge in [-0.25, -0.2) is 23.2 Å². The van der Waals surface area contributed by atoms with Gasteiger partial charge in [-0.2, -0.15) is 0 Å². The third-order valence-electron chi connectivity index (χ3n) is 2.93. The van der Waals surface area contributed by atoms with Crippen molar-refractivity contribution in [1.82, 2.24) is 9.97 Å². The molecule has 0 N–H and O–H groups in total. The van der Waals surface area contributed by atoms with Crippen LogP contribution in [0, 0.1) is 0 Å². The first-order valence-electron chi connectivity index (χ1n) is 5.94. The third-order valence-corrected chi connectivity index (χ3v) is 4.55. The number of benzene rings is 1. The minimum Gasteiger partial charge on any atom is -0.462 e. The highest BCUT2D eigenvalue weighted by molar-refractivity contribution is 7.91. The smallest absolute Gasteiger partial charge is 0.341 e. The molecule has 1 aromatic heterocycles. The highest BCUT2D eigenvalue weighted by Crippen LogP contribution is 2.35. The van der Waals surface area contributed by atoms with Crippen molar-refractivity contribution in [3.8, 4) is 11.3 Å². The molecule has 7 heteroatoms. The second-order valence-electron chi connectivity index (χ2n) is 4.13. The van der Waals surface area contributed by atoms with E-state index in [1.54, 1.807) is 25.1 Å². The fraction of sp³-hybridized carbons (Fsp3) is 0.214. The summed E-state index contributed by atoms with van der Waals surface area (Å²) in [5.41, 5.74) is 0.849. The van der Waals surface area contributed by atoms with Crippen molar-refractivity contribution >= 4 is 15.8 Å². The van der Waals surface area contributed by atoms with Gasteiger partial charge in [0.05, 0.1) is 17.2 Å². The number of hydrogen-bond acceptors (Lipinski definition) is 6. The molecule has 1 aliphatic heterocycles. The van der Waals surface area contributed by atoms with Gasteiger partial charge in [-0.15, -0.1) is 0 Å². The Labute approximate surface area is 122 Å². The van der Waals surface area contributed by atoms with E-state index < -0.39 is 15.8 Å². The standard InChI is InChI=1S/C13H10N2O4S.CH4/c1-2-19-12(16)9-7-14-13-15-11(9)8-5-3-4-6-10(8)20(13,17)18;/h3-7H,2H2,1H3;1H4. The van der Waals surface area contributed by atoms with Gasteiger partial charge in [0.2, 0.25) is 9.84 Å². The van der Waals surface area contributed by atoms with Crippen LogP contribution in [0.5, 0.6) is 0 Å². The Kier molecular flexibility index (Phi) is 3.78. The lowest BCUT2D eigenvalue weighted by molar-refractivity contribution is 0.0526. The van der Waals surface area contributed by atoms with Gasteiger partial charge in [-0.1, -0.05) is 25.6 Å². The summed E-state index contributed by atoms with van der Waals surface area (Å²) in [5, 5.41) is -0.292. The molecule has 3 rings (SSSR count). The molecule has 2 heterocycles. The van der Waals surface area contributed by atoms with E-state index in [0.29, 0.717) is 11.3 Å². The van der Waals surface area contributed by atoms with Crippen molar-refractivity contribution in [2.45, 2.75) is 24.4 Å². The van der Waals surface area contributed by atoms with Crippen molar-refractivity contribution in [1.29, 1.82) is 0 Å². The van der Waals surface area contributed by atoms with Crippen molar-refractivity contribution in [2.24, 2.45) is 0 Å². The van der Waals surface area contributed by atoms with Crippen LogP contribution in [-0.4, -0.2) is 31.0 Å². The largest absolute Gasteiger partial charge is 0.462 e. The van der Waals surface area contributed by atoms with Gasteiger partial charge in [0.1, 0.15) is 5.56 Å². The van der Waals surface area contributed by atoms with Gasteiger partial charge in [0.15, 0.2) is 0 Å². The average Bonchev–Trinajstić information content (AvgIpc) is 2.46. The van der Waals surface area contributed by atoms with Crippen LogP contribution in [0.15, 0.2) is 40.5 Å². The van der Waals surface area contributed by atoms with Gasteiger partial charge in [0.25, 0.3) is 5.16 Å². The molecule has 0 fully saturated rings. The van der Waals surface area contributed by atoms with E-state index in [2.05, 4.69) is 9.97 Å². The molecule has 0 saturated carbocycles. The van der Waals surface area contributed by atoms with E-state index in [1.165, 1.54) is 12.3 Å². The topological polar surface area (TPSA) is 86.2 Å². The lowest BCUT2D eigenvalue weighted by atomic mass is 10.1. The SMILES string of the molecule is C.CCOC(=O)c1cnc2nc1-c1ccccc1S2(=O)=O. The Hall–Kier alpha value is -2.28. The number of rotatable bonds is 2. The Morgan fingerprint density at radius 2 is 2.00 bits per heavy atom. The zero-order valence-electron chi connectivity index (χ0n) is 10.5. The molecule has 0 saturated heterocycles. The third kappa shape index (κ3) is 2.19. The molecular weight excluding hydrogens is 292 g/mol. The van der Waals surface area contributed by atoms with E-state index >= 15 is 0 Å². The number of fused-ring (bicyclic) bond motifs is 4. The second kappa shape index (κ2) is 5.25. The van der Waals surface area contributed by atoms with Crippen LogP contribution in [0.2, 0.25) is 0 Å². The highest BCUT2D eigenvalue weighted by atomic mass is 32.2. The molecular formula is C14H14N2O4S. The van der Waals surface area contributed by atoms with Crippen LogP contribution >= 0.6 is 0 Å². The molecule has 1 aromatic carbocycles. The van der Waals surface area contributed by atoms with Crippen molar-refractivity contribution in [2.75, 3.05) is 6.61 Å². The normalized spacial score (nSPS) is 13.8. The molecule has 0 atom stereocenters. The number of nitrogens with zero attached hydrogens (tertiary/aromatic N) is 2. The van der Waals surface area contributed by atoms with Gasteiger partial charge in [-0.05, 0) is 13.0 Å². The Balaban J connectivity index is 0.00000161. The molecule has 0 unspecified atom stereocenters. The number of carbonyl (C=O) groups excluding carboxylic acids is 1. The molecule has 0 spiro atoms. The Morgan fingerprint density at radius 3 is 2.71 bits per heavy atom. The summed E-state index contributed by atoms with van der Waals surface area (Å²) in [6.45, 7) is 1.91. The van der Waals surface area contributed by atoms with Crippen LogP contribution in [0.25, 0.3) is 11.3 Å². The zero-order chi connectivity index (χ0) is 14.3. The molecule has 6 nitrogen and oxygen atoms in total. The lowest BCUT2D eigenvalue weighted by Gasteiger charge is -2.17. The van der Waals surface area contributed by atoms with E-state index in [9.17, 15) is 13.2 Å². The summed E-state index contributed by atoms with van der Waals surface area (Å²) in [4.78, 5) is 19.7. The molecule has 0 radical (unpaired) electrons. The maximum absolute atomic E-state index is 12.2. The Morgan fingerprint density at radius 1 is 1.29 bits per heavy atom. The fourth-order valence-corrected chi connectivity index (χ4v) is 3.37. The monoisotopic (exact) mass is 306 g/mol. The first-order valence-corrected chi connectivity index (χ1v) is 7.42. The lowest BCUT2D eigenvalue weighted by Crippen LogP contribution is -2.18. The molecule has 21 heavy (non-hydrogen) atoms. The number of sulfone groups is 1. The summed E-state index contributed by atoms with van der Waals surface area (Å²) < 4.78 is 29.4. The number of hydrogen-bond donors (Lipinski definition) is 0. The minimum absolute atomic E-state index is 0. The summed E-state index contributed by atoms with van der Waals surface area (Å²) >= 11 is 0. The quantitative estimate of drug-likeness (QED) is 0.532. The van der Waals surface area contributed by atoms with Crippen LogP contribution < -0.4 is 0 Å². The van der Waals surface area contributed by atoms with Gasteiger partial charge >= 0.3 is 5.97 Å². The number of esters is 1. The number of ether oxygens (including phenoxy) is 1. The van der Waals surface area contributed by atoms with E-state index in [4.69, 9.17) is 4.74 Å². The zero-order valence-corrected chi connectivity index (χ0v) is 11.3. The maximum Gasteiger partial charge on any atom is 0.341 e. The summed E-state index contributed by atoms with van der Waals surface area (Å²) in [5.74, 6) is -0.567. The minimum atomic E-state index is -3.71. The fourth-order valence-electron chi connectivity index (χ4n) is 2.05. The van der Waals surface area contributed by atoms with Gasteiger partial charge in [0, 0.05) is 11.8 Å². The molecule has 0 amide bonds. The molecule has 110 valence electrons. The summed E-state index contributed by atoms with van der Waals surface area (Å²) in [7, 11) is -3.71. The van der Waals surface area contributed by atoms with Crippen molar-refractivity contribution < 1.29 is 17.9 Å². The second-order valence-corrected chi connectivity index (χ2v) is 5.95. The van der Waals surface area contributed by atoms with Gasteiger partial charge in [-0.3, -0.25) is 0 Å². The molecule has 2 bridgehead atoms. The average molecular weight is 306 g/mol. The van der Waals surface area contributed by atoms with Crippen LogP contribution in [0.4, 0.5) is 0 Å². The van der Waals surface area contributed by atoms with Crippen LogP contribution in [0.3, 0.4) is 0 Å². The Bertz CT molecular complexity index is 815. The predicted octanol–water partition coefficient (Wildman–Crippen LogP) is 2.10. The molecule has 1 aliphatic rings. The van der Waals surface area contributed by atoms with Gasteiger partial charge < -0.3 is 4.74 Å². The summed E-state index contributed by atoms with van der Waals surface area (Å²) in [6, 6.07) is 6.40. The van der Waals surface area contributed by atoms with Crippen LogP contribution in [-0.2, 0) is 14.6 Å².